The van der Waals surface area contributed by atoms with Gasteiger partial charge in [-0.3, -0.25) is 4.79 Å². The van der Waals surface area contributed by atoms with Crippen LogP contribution in [0.3, 0.4) is 0 Å². The molecule has 1 atom stereocenters. The molecular formula is C16H21NO4. The number of hydrogen-bond acceptors (Lipinski definition) is 3. The van der Waals surface area contributed by atoms with E-state index in [2.05, 4.69) is 0 Å². The first kappa shape index (κ1) is 15.4. The quantitative estimate of drug-likeness (QED) is 0.877. The smallest absolute Gasteiger partial charge is 0.326 e. The summed E-state index contributed by atoms with van der Waals surface area (Å²) >= 11 is 0. The zero-order valence-electron chi connectivity index (χ0n) is 12.6. The minimum absolute atomic E-state index is 0.0952. The lowest BCUT2D eigenvalue weighted by Crippen LogP contribution is -2.56. The lowest BCUT2D eigenvalue weighted by molar-refractivity contribution is -0.148. The molecule has 1 aliphatic heterocycles. The molecule has 0 aromatic heterocycles. The van der Waals surface area contributed by atoms with Gasteiger partial charge in [0.2, 0.25) is 0 Å². The molecule has 114 valence electrons. The molecule has 0 bridgehead atoms. The molecular weight excluding hydrogens is 270 g/mol. The monoisotopic (exact) mass is 291 g/mol. The van der Waals surface area contributed by atoms with Crippen molar-refractivity contribution in [2.75, 3.05) is 6.54 Å². The summed E-state index contributed by atoms with van der Waals surface area (Å²) in [4.78, 5) is 25.8. The molecule has 0 saturated carbocycles. The number of nitrogens with zero attached hydrogens (tertiary/aromatic N) is 1. The predicted molar refractivity (Wildman–Crippen MR) is 78.3 cm³/mol. The number of likely N-dealkylation sites (tertiary alicyclic amines) is 1. The van der Waals surface area contributed by atoms with Crippen molar-refractivity contribution in [2.45, 2.75) is 39.7 Å². The summed E-state index contributed by atoms with van der Waals surface area (Å²) in [6, 6.07) is 3.68. The van der Waals surface area contributed by atoms with Gasteiger partial charge in [0.15, 0.2) is 0 Å². The molecule has 5 nitrogen and oxygen atoms in total. The number of aromatic hydroxyl groups is 1. The number of amides is 1. The van der Waals surface area contributed by atoms with E-state index in [0.717, 1.165) is 12.8 Å². The molecule has 21 heavy (non-hydrogen) atoms. The van der Waals surface area contributed by atoms with Gasteiger partial charge in [0.05, 0.1) is 0 Å². The molecule has 1 heterocycles. The van der Waals surface area contributed by atoms with E-state index < -0.39 is 17.4 Å². The summed E-state index contributed by atoms with van der Waals surface area (Å²) < 4.78 is 0. The molecule has 0 aliphatic carbocycles. The fraction of sp³-hybridized carbons (Fsp3) is 0.500. The van der Waals surface area contributed by atoms with Gasteiger partial charge in [-0.05, 0) is 48.9 Å². The Morgan fingerprint density at radius 1 is 1.33 bits per heavy atom. The zero-order chi connectivity index (χ0) is 15.8. The third kappa shape index (κ3) is 2.86. The number of rotatable bonds is 2. The van der Waals surface area contributed by atoms with Crippen molar-refractivity contribution in [3.8, 4) is 5.75 Å². The number of phenols is 1. The van der Waals surface area contributed by atoms with E-state index >= 15 is 0 Å². The summed E-state index contributed by atoms with van der Waals surface area (Å²) in [5, 5.41) is 19.0. The van der Waals surface area contributed by atoms with Gasteiger partial charge >= 0.3 is 5.97 Å². The van der Waals surface area contributed by atoms with Crippen LogP contribution in [0.2, 0.25) is 0 Å². The highest BCUT2D eigenvalue weighted by Gasteiger charge is 2.44. The van der Waals surface area contributed by atoms with Crippen LogP contribution in [0, 0.1) is 12.3 Å². The van der Waals surface area contributed by atoms with Crippen LogP contribution in [0.5, 0.6) is 5.75 Å². The number of piperidine rings is 1. The molecule has 1 aromatic carbocycles. The highest BCUT2D eigenvalue weighted by atomic mass is 16.4. The van der Waals surface area contributed by atoms with Gasteiger partial charge < -0.3 is 15.1 Å². The number of hydrogen-bond donors (Lipinski definition) is 2. The Hall–Kier alpha value is -2.04. The summed E-state index contributed by atoms with van der Waals surface area (Å²) in [5.74, 6) is -1.16. The number of carbonyl (C=O) groups excluding carboxylic acids is 1. The normalized spacial score (nSPS) is 21.1. The molecule has 1 aliphatic rings. The number of carboxylic acid groups (broad SMARTS) is 1. The average molecular weight is 291 g/mol. The Kier molecular flexibility index (Phi) is 3.94. The molecule has 1 saturated heterocycles. The first-order chi connectivity index (χ1) is 9.74. The van der Waals surface area contributed by atoms with Crippen LogP contribution in [0.4, 0.5) is 0 Å². The molecule has 0 spiro atoms. The standard InChI is InChI=1S/C16H21NO4/c1-10-9-11(18)5-6-12(10)14(19)17-8-4-7-16(2,3)13(17)15(20)21/h5-6,9,13,18H,4,7-8H2,1-3H3,(H,20,21). The van der Waals surface area contributed by atoms with E-state index in [1.807, 2.05) is 13.8 Å². The van der Waals surface area contributed by atoms with Crippen LogP contribution in [0.1, 0.15) is 42.6 Å². The van der Waals surface area contributed by atoms with Crippen molar-refractivity contribution in [3.05, 3.63) is 29.3 Å². The van der Waals surface area contributed by atoms with Crippen LogP contribution in [0.15, 0.2) is 18.2 Å². The van der Waals surface area contributed by atoms with E-state index in [-0.39, 0.29) is 11.7 Å². The number of aryl methyl sites for hydroxylation is 1. The third-order valence-corrected chi connectivity index (χ3v) is 4.21. The molecule has 1 unspecified atom stereocenters. The number of phenolic OH excluding ortho intramolecular Hbond substituents is 1. The van der Waals surface area contributed by atoms with Crippen molar-refractivity contribution >= 4 is 11.9 Å². The number of carbonyl (C=O) groups is 2. The highest BCUT2D eigenvalue weighted by molar-refractivity contribution is 5.98. The first-order valence-corrected chi connectivity index (χ1v) is 7.07. The van der Waals surface area contributed by atoms with Crippen molar-refractivity contribution in [1.29, 1.82) is 0 Å². The van der Waals surface area contributed by atoms with Crippen molar-refractivity contribution in [2.24, 2.45) is 5.41 Å². The van der Waals surface area contributed by atoms with Gasteiger partial charge in [-0.25, -0.2) is 4.79 Å². The SMILES string of the molecule is Cc1cc(O)ccc1C(=O)N1CCCC(C)(C)C1C(=O)O. The molecule has 2 rings (SSSR count). The Morgan fingerprint density at radius 3 is 2.57 bits per heavy atom. The summed E-state index contributed by atoms with van der Waals surface area (Å²) in [6.45, 7) is 5.95. The number of aliphatic carboxylic acids is 1. The van der Waals surface area contributed by atoms with E-state index in [4.69, 9.17) is 0 Å². The Morgan fingerprint density at radius 2 is 2.00 bits per heavy atom. The Bertz CT molecular complexity index is 580. The molecule has 1 aromatic rings. The van der Waals surface area contributed by atoms with Crippen LogP contribution >= 0.6 is 0 Å². The minimum atomic E-state index is -0.968. The average Bonchev–Trinajstić information content (AvgIpc) is 2.36. The predicted octanol–water partition coefficient (Wildman–Crippen LogP) is 2.42. The second kappa shape index (κ2) is 5.39. The maximum absolute atomic E-state index is 12.7. The van der Waals surface area contributed by atoms with Crippen LogP contribution in [0.25, 0.3) is 0 Å². The fourth-order valence-electron chi connectivity index (χ4n) is 3.12. The van der Waals surface area contributed by atoms with Gasteiger partial charge in [0.25, 0.3) is 5.91 Å². The van der Waals surface area contributed by atoms with Gasteiger partial charge in [0.1, 0.15) is 11.8 Å². The summed E-state index contributed by atoms with van der Waals surface area (Å²) in [6.07, 6.45) is 1.57. The Balaban J connectivity index is 2.38. The fourth-order valence-corrected chi connectivity index (χ4v) is 3.12. The molecule has 5 heteroatoms. The maximum Gasteiger partial charge on any atom is 0.326 e. The Labute approximate surface area is 124 Å². The van der Waals surface area contributed by atoms with Crippen LogP contribution in [-0.2, 0) is 4.79 Å². The number of benzene rings is 1. The number of carboxylic acids is 1. The van der Waals surface area contributed by atoms with E-state index in [9.17, 15) is 19.8 Å². The van der Waals surface area contributed by atoms with E-state index in [1.54, 1.807) is 13.0 Å². The largest absolute Gasteiger partial charge is 0.508 e. The lowest BCUT2D eigenvalue weighted by Gasteiger charge is -2.44. The highest BCUT2D eigenvalue weighted by Crippen LogP contribution is 2.36. The second-order valence-corrected chi connectivity index (χ2v) is 6.33. The van der Waals surface area contributed by atoms with Crippen molar-refractivity contribution in [1.82, 2.24) is 4.90 Å². The van der Waals surface area contributed by atoms with E-state index in [1.165, 1.54) is 17.0 Å². The van der Waals surface area contributed by atoms with Crippen molar-refractivity contribution in [3.63, 3.8) is 0 Å². The second-order valence-electron chi connectivity index (χ2n) is 6.33. The van der Waals surface area contributed by atoms with Crippen molar-refractivity contribution < 1.29 is 19.8 Å². The maximum atomic E-state index is 12.7. The molecule has 0 radical (unpaired) electrons. The van der Waals surface area contributed by atoms with Gasteiger partial charge in [0, 0.05) is 12.1 Å². The zero-order valence-corrected chi connectivity index (χ0v) is 12.6. The van der Waals surface area contributed by atoms with Gasteiger partial charge in [-0.1, -0.05) is 13.8 Å². The third-order valence-electron chi connectivity index (χ3n) is 4.21. The first-order valence-electron chi connectivity index (χ1n) is 7.07. The van der Waals surface area contributed by atoms with Crippen LogP contribution < -0.4 is 0 Å². The molecule has 2 N–H and O–H groups in total. The topological polar surface area (TPSA) is 77.8 Å². The summed E-state index contributed by atoms with van der Waals surface area (Å²) in [7, 11) is 0. The molecule has 1 fully saturated rings. The van der Waals surface area contributed by atoms with Crippen LogP contribution in [-0.4, -0.2) is 39.6 Å². The lowest BCUT2D eigenvalue weighted by atomic mass is 9.76. The minimum Gasteiger partial charge on any atom is -0.508 e. The van der Waals surface area contributed by atoms with E-state index in [0.29, 0.717) is 17.7 Å². The summed E-state index contributed by atoms with van der Waals surface area (Å²) in [5.41, 5.74) is 0.633. The van der Waals surface area contributed by atoms with Gasteiger partial charge in [-0.15, -0.1) is 0 Å². The van der Waals surface area contributed by atoms with Gasteiger partial charge in [-0.2, -0.15) is 0 Å². The molecule has 1 amide bonds.